The highest BCUT2D eigenvalue weighted by Crippen LogP contribution is 2.21. The van der Waals surface area contributed by atoms with Crippen LogP contribution >= 0.6 is 11.3 Å². The molecular weight excluding hydrogens is 336 g/mol. The van der Waals surface area contributed by atoms with Crippen molar-refractivity contribution in [3.63, 3.8) is 0 Å². The number of hydrogen-bond acceptors (Lipinski definition) is 4. The molecule has 2 aromatic rings. The van der Waals surface area contributed by atoms with Crippen molar-refractivity contribution in [2.24, 2.45) is 0 Å². The van der Waals surface area contributed by atoms with Crippen molar-refractivity contribution in [2.75, 3.05) is 13.1 Å². The molecule has 0 aliphatic carbocycles. The number of amides is 2. The summed E-state index contributed by atoms with van der Waals surface area (Å²) in [6.45, 7) is 3.59. The molecule has 0 bridgehead atoms. The number of thiophene rings is 1. The van der Waals surface area contributed by atoms with Crippen molar-refractivity contribution in [3.05, 3.63) is 40.3 Å². The van der Waals surface area contributed by atoms with Crippen molar-refractivity contribution in [2.45, 2.75) is 45.2 Å². The van der Waals surface area contributed by atoms with Gasteiger partial charge in [0.15, 0.2) is 0 Å². The lowest BCUT2D eigenvalue weighted by Gasteiger charge is -2.33. The number of aromatic nitrogens is 2. The molecule has 2 aromatic heterocycles. The Balaban J connectivity index is 1.62. The van der Waals surface area contributed by atoms with Gasteiger partial charge in [0.2, 0.25) is 11.8 Å². The second-order valence-corrected chi connectivity index (χ2v) is 7.31. The maximum absolute atomic E-state index is 12.7. The summed E-state index contributed by atoms with van der Waals surface area (Å²) >= 11 is 1.69. The zero-order chi connectivity index (χ0) is 17.6. The molecule has 3 rings (SSSR count). The third kappa shape index (κ3) is 4.28. The summed E-state index contributed by atoms with van der Waals surface area (Å²) in [6.07, 6.45) is 4.93. The van der Waals surface area contributed by atoms with Gasteiger partial charge in [-0.2, -0.15) is 5.10 Å². The van der Waals surface area contributed by atoms with Gasteiger partial charge in [0.25, 0.3) is 0 Å². The van der Waals surface area contributed by atoms with E-state index >= 15 is 0 Å². The fourth-order valence-corrected chi connectivity index (χ4v) is 3.75. The smallest absolute Gasteiger partial charge is 0.246 e. The highest BCUT2D eigenvalue weighted by molar-refractivity contribution is 7.09. The van der Waals surface area contributed by atoms with Crippen LogP contribution in [0.15, 0.2) is 29.8 Å². The molecule has 0 spiro atoms. The van der Waals surface area contributed by atoms with Crippen molar-refractivity contribution < 1.29 is 9.59 Å². The zero-order valence-corrected chi connectivity index (χ0v) is 15.3. The van der Waals surface area contributed by atoms with Gasteiger partial charge in [0.05, 0.1) is 18.8 Å². The van der Waals surface area contributed by atoms with Crippen LogP contribution in [0.5, 0.6) is 0 Å². The Hall–Kier alpha value is -2.15. The SMILES string of the molecule is CCCCC(=O)N1Cc2ccnn2[C@@H](C(=O)NCCc2cccs2)C1. The van der Waals surface area contributed by atoms with Crippen molar-refractivity contribution >= 4 is 23.2 Å². The first kappa shape index (κ1) is 17.7. The van der Waals surface area contributed by atoms with Crippen LogP contribution in [0.4, 0.5) is 0 Å². The quantitative estimate of drug-likeness (QED) is 0.824. The van der Waals surface area contributed by atoms with E-state index < -0.39 is 6.04 Å². The summed E-state index contributed by atoms with van der Waals surface area (Å²) < 4.78 is 1.75. The lowest BCUT2D eigenvalue weighted by molar-refractivity contribution is -0.135. The molecule has 0 fully saturated rings. The first-order valence-corrected chi connectivity index (χ1v) is 9.67. The van der Waals surface area contributed by atoms with Crippen LogP contribution in [-0.2, 0) is 22.6 Å². The third-order valence-corrected chi connectivity index (χ3v) is 5.38. The minimum Gasteiger partial charge on any atom is -0.354 e. The summed E-state index contributed by atoms with van der Waals surface area (Å²) in [6, 6.07) is 5.51. The molecule has 3 heterocycles. The fourth-order valence-electron chi connectivity index (χ4n) is 3.05. The van der Waals surface area contributed by atoms with Crippen LogP contribution in [0.1, 0.15) is 42.8 Å². The Labute approximate surface area is 151 Å². The van der Waals surface area contributed by atoms with Crippen LogP contribution in [0.25, 0.3) is 0 Å². The second-order valence-electron chi connectivity index (χ2n) is 6.28. The first-order chi connectivity index (χ1) is 12.2. The number of hydrogen-bond donors (Lipinski definition) is 1. The Bertz CT molecular complexity index is 710. The monoisotopic (exact) mass is 360 g/mol. The molecule has 1 aliphatic heterocycles. The van der Waals surface area contributed by atoms with Gasteiger partial charge in [-0.3, -0.25) is 14.3 Å². The number of nitrogens with one attached hydrogen (secondary N) is 1. The molecular formula is C18H24N4O2S. The molecule has 0 unspecified atom stereocenters. The fraction of sp³-hybridized carbons (Fsp3) is 0.500. The Morgan fingerprint density at radius 1 is 1.40 bits per heavy atom. The maximum atomic E-state index is 12.7. The van der Waals surface area contributed by atoms with E-state index in [1.165, 1.54) is 4.88 Å². The van der Waals surface area contributed by atoms with E-state index in [9.17, 15) is 9.59 Å². The first-order valence-electron chi connectivity index (χ1n) is 8.79. The summed E-state index contributed by atoms with van der Waals surface area (Å²) in [5, 5.41) is 9.32. The highest BCUT2D eigenvalue weighted by Gasteiger charge is 2.32. The number of carbonyl (C=O) groups excluding carboxylic acids is 2. The molecule has 1 aliphatic rings. The van der Waals surface area contributed by atoms with Crippen molar-refractivity contribution in [1.82, 2.24) is 20.0 Å². The molecule has 25 heavy (non-hydrogen) atoms. The van der Waals surface area contributed by atoms with Gasteiger partial charge in [-0.25, -0.2) is 0 Å². The molecule has 1 N–H and O–H groups in total. The highest BCUT2D eigenvalue weighted by atomic mass is 32.1. The molecule has 0 saturated carbocycles. The van der Waals surface area contributed by atoms with Gasteiger partial charge in [0, 0.05) is 24.0 Å². The second kappa shape index (κ2) is 8.29. The standard InChI is InChI=1S/C18H24N4O2S/c1-2-3-6-17(23)21-12-14-7-10-20-22(14)16(13-21)18(24)19-9-8-15-5-4-11-25-15/h4-5,7,10-11,16H,2-3,6,8-9,12-13H2,1H3,(H,19,24)/t16-/m1/s1. The van der Waals surface area contributed by atoms with Crippen LogP contribution in [0.3, 0.4) is 0 Å². The van der Waals surface area contributed by atoms with E-state index in [1.54, 1.807) is 27.1 Å². The molecule has 134 valence electrons. The van der Waals surface area contributed by atoms with Crippen molar-refractivity contribution in [1.29, 1.82) is 0 Å². The average Bonchev–Trinajstić information content (AvgIpc) is 3.29. The van der Waals surface area contributed by atoms with Crippen molar-refractivity contribution in [3.8, 4) is 0 Å². The largest absolute Gasteiger partial charge is 0.354 e. The summed E-state index contributed by atoms with van der Waals surface area (Å²) in [5.41, 5.74) is 0.912. The number of fused-ring (bicyclic) bond motifs is 1. The Morgan fingerprint density at radius 3 is 3.04 bits per heavy atom. The number of carbonyl (C=O) groups is 2. The van der Waals surface area contributed by atoms with E-state index in [0.29, 0.717) is 26.1 Å². The molecule has 2 amide bonds. The van der Waals surface area contributed by atoms with E-state index in [2.05, 4.69) is 23.4 Å². The molecule has 0 radical (unpaired) electrons. The third-order valence-electron chi connectivity index (χ3n) is 4.44. The molecule has 0 saturated heterocycles. The van der Waals surface area contributed by atoms with Gasteiger partial charge in [-0.1, -0.05) is 19.4 Å². The van der Waals surface area contributed by atoms with Gasteiger partial charge in [-0.05, 0) is 30.4 Å². The molecule has 0 aromatic carbocycles. The minimum absolute atomic E-state index is 0.0745. The number of unbranched alkanes of at least 4 members (excludes halogenated alkanes) is 1. The topological polar surface area (TPSA) is 67.2 Å². The van der Waals surface area contributed by atoms with Gasteiger partial charge >= 0.3 is 0 Å². The van der Waals surface area contributed by atoms with E-state index in [1.807, 2.05) is 17.5 Å². The molecule has 7 heteroatoms. The maximum Gasteiger partial charge on any atom is 0.246 e. The normalized spacial score (nSPS) is 16.5. The van der Waals surface area contributed by atoms with Crippen LogP contribution < -0.4 is 5.32 Å². The lowest BCUT2D eigenvalue weighted by Crippen LogP contribution is -2.47. The zero-order valence-electron chi connectivity index (χ0n) is 14.5. The van der Waals surface area contributed by atoms with Crippen LogP contribution in [0, 0.1) is 0 Å². The molecule has 6 nitrogen and oxygen atoms in total. The predicted octanol–water partition coefficient (Wildman–Crippen LogP) is 2.38. The van der Waals surface area contributed by atoms with E-state index in [0.717, 1.165) is 25.0 Å². The van der Waals surface area contributed by atoms with Crippen LogP contribution in [0.2, 0.25) is 0 Å². The summed E-state index contributed by atoms with van der Waals surface area (Å²) in [7, 11) is 0. The van der Waals surface area contributed by atoms with Gasteiger partial charge in [0.1, 0.15) is 6.04 Å². The van der Waals surface area contributed by atoms with Crippen LogP contribution in [-0.4, -0.2) is 39.6 Å². The average molecular weight is 360 g/mol. The Morgan fingerprint density at radius 2 is 2.28 bits per heavy atom. The van der Waals surface area contributed by atoms with E-state index in [-0.39, 0.29) is 11.8 Å². The predicted molar refractivity (Wildman–Crippen MR) is 97.2 cm³/mol. The van der Waals surface area contributed by atoms with E-state index in [4.69, 9.17) is 0 Å². The lowest BCUT2D eigenvalue weighted by atomic mass is 10.1. The summed E-state index contributed by atoms with van der Waals surface area (Å²) in [4.78, 5) is 28.1. The number of nitrogens with zero attached hydrogens (tertiary/aromatic N) is 3. The number of rotatable bonds is 7. The van der Waals surface area contributed by atoms with Gasteiger partial charge in [-0.15, -0.1) is 11.3 Å². The van der Waals surface area contributed by atoms with Gasteiger partial charge < -0.3 is 10.2 Å². The minimum atomic E-state index is -0.451. The summed E-state index contributed by atoms with van der Waals surface area (Å²) in [5.74, 6) is 0.0418. The molecule has 1 atom stereocenters. The Kier molecular flexibility index (Phi) is 5.86.